The Kier molecular flexibility index (Phi) is 11.5. The van der Waals surface area contributed by atoms with Gasteiger partial charge in [-0.1, -0.05) is 12.8 Å². The second kappa shape index (κ2) is 11.3. The highest BCUT2D eigenvalue weighted by Gasteiger charge is 2.00. The van der Waals surface area contributed by atoms with Gasteiger partial charge in [-0.15, -0.1) is 11.6 Å². The van der Waals surface area contributed by atoms with Crippen LogP contribution in [0, 0.1) is 0 Å². The Labute approximate surface area is 92.9 Å². The van der Waals surface area contributed by atoms with Gasteiger partial charge < -0.3 is 9.47 Å². The van der Waals surface area contributed by atoms with E-state index in [0.717, 1.165) is 31.9 Å². The van der Waals surface area contributed by atoms with E-state index in [2.05, 4.69) is 6.92 Å². The molecular weight excluding hydrogens is 200 g/mol. The second-order valence-corrected chi connectivity index (χ2v) is 3.82. The molecule has 0 bridgehead atoms. The molecule has 86 valence electrons. The van der Waals surface area contributed by atoms with Gasteiger partial charge in [0.05, 0.1) is 12.7 Å². The highest BCUT2D eigenvalue weighted by Crippen LogP contribution is 2.02. The highest BCUT2D eigenvalue weighted by atomic mass is 35.5. The predicted octanol–water partition coefficient (Wildman–Crippen LogP) is 3.23. The molecule has 3 heteroatoms. The zero-order valence-electron chi connectivity index (χ0n) is 9.43. The van der Waals surface area contributed by atoms with Crippen LogP contribution >= 0.6 is 11.6 Å². The van der Waals surface area contributed by atoms with Crippen molar-refractivity contribution in [3.05, 3.63) is 0 Å². The topological polar surface area (TPSA) is 18.5 Å². The zero-order valence-corrected chi connectivity index (χ0v) is 10.2. The molecule has 0 rings (SSSR count). The third-order valence-electron chi connectivity index (χ3n) is 1.99. The molecule has 0 aliphatic carbocycles. The average molecular weight is 223 g/mol. The van der Waals surface area contributed by atoms with Crippen molar-refractivity contribution in [2.45, 2.75) is 45.6 Å². The number of ether oxygens (including phenoxy) is 2. The minimum Gasteiger partial charge on any atom is -0.379 e. The van der Waals surface area contributed by atoms with Crippen molar-refractivity contribution < 1.29 is 9.47 Å². The first-order chi connectivity index (χ1) is 6.81. The molecule has 0 fully saturated rings. The largest absolute Gasteiger partial charge is 0.379 e. The van der Waals surface area contributed by atoms with E-state index in [1.54, 1.807) is 0 Å². The molecule has 0 aromatic carbocycles. The lowest BCUT2D eigenvalue weighted by Gasteiger charge is -2.12. The number of alkyl halides is 1. The van der Waals surface area contributed by atoms with E-state index in [-0.39, 0.29) is 6.10 Å². The molecule has 0 aliphatic heterocycles. The fourth-order valence-electron chi connectivity index (χ4n) is 1.17. The minimum atomic E-state index is 0.225. The number of unbranched alkanes of at least 4 members (excludes halogenated alkanes) is 3. The third kappa shape index (κ3) is 10.3. The first kappa shape index (κ1) is 14.2. The summed E-state index contributed by atoms with van der Waals surface area (Å²) in [4.78, 5) is 0. The van der Waals surface area contributed by atoms with Crippen LogP contribution in [0.2, 0.25) is 0 Å². The van der Waals surface area contributed by atoms with Crippen LogP contribution in [0.3, 0.4) is 0 Å². The van der Waals surface area contributed by atoms with E-state index < -0.39 is 0 Å². The lowest BCUT2D eigenvalue weighted by Crippen LogP contribution is -2.16. The molecule has 0 spiro atoms. The molecule has 0 saturated carbocycles. The maximum absolute atomic E-state index is 5.57. The van der Waals surface area contributed by atoms with Gasteiger partial charge >= 0.3 is 0 Å². The molecular formula is C11H23ClO2. The monoisotopic (exact) mass is 222 g/mol. The van der Waals surface area contributed by atoms with Crippen molar-refractivity contribution in [3.63, 3.8) is 0 Å². The first-order valence-corrected chi connectivity index (χ1v) is 6.10. The van der Waals surface area contributed by atoms with Crippen LogP contribution in [0.4, 0.5) is 0 Å². The normalized spacial score (nSPS) is 13.1. The second-order valence-electron chi connectivity index (χ2n) is 3.44. The summed E-state index contributed by atoms with van der Waals surface area (Å²) >= 11 is 5.57. The molecule has 2 nitrogen and oxygen atoms in total. The van der Waals surface area contributed by atoms with Gasteiger partial charge in [0.2, 0.25) is 0 Å². The highest BCUT2D eigenvalue weighted by molar-refractivity contribution is 6.17. The van der Waals surface area contributed by atoms with Crippen LogP contribution in [0.15, 0.2) is 0 Å². The van der Waals surface area contributed by atoms with Crippen molar-refractivity contribution in [1.29, 1.82) is 0 Å². The van der Waals surface area contributed by atoms with Crippen LogP contribution in [0.5, 0.6) is 0 Å². The van der Waals surface area contributed by atoms with Crippen molar-refractivity contribution in [2.24, 2.45) is 0 Å². The number of halogens is 1. The molecule has 0 saturated heterocycles. The van der Waals surface area contributed by atoms with Crippen molar-refractivity contribution >= 4 is 11.6 Å². The standard InChI is InChI=1S/C11H23ClO2/c1-3-13-10-11(2)14-9-7-5-4-6-8-12/h11H,3-10H2,1-2H3. The molecule has 0 amide bonds. The van der Waals surface area contributed by atoms with Crippen LogP contribution in [0.1, 0.15) is 39.5 Å². The SMILES string of the molecule is CCOCC(C)OCCCCCCCl. The molecule has 0 radical (unpaired) electrons. The Hall–Kier alpha value is 0.210. The molecule has 14 heavy (non-hydrogen) atoms. The lowest BCUT2D eigenvalue weighted by atomic mass is 10.2. The van der Waals surface area contributed by atoms with Gasteiger partial charge in [0.1, 0.15) is 0 Å². The summed E-state index contributed by atoms with van der Waals surface area (Å²) < 4.78 is 10.8. The Morgan fingerprint density at radius 3 is 2.50 bits per heavy atom. The Morgan fingerprint density at radius 1 is 1.14 bits per heavy atom. The fraction of sp³-hybridized carbons (Fsp3) is 1.00. The van der Waals surface area contributed by atoms with E-state index in [9.17, 15) is 0 Å². The van der Waals surface area contributed by atoms with Crippen LogP contribution in [0.25, 0.3) is 0 Å². The van der Waals surface area contributed by atoms with Crippen molar-refractivity contribution in [3.8, 4) is 0 Å². The van der Waals surface area contributed by atoms with Gasteiger partial charge in [-0.3, -0.25) is 0 Å². The quantitative estimate of drug-likeness (QED) is 0.418. The summed E-state index contributed by atoms with van der Waals surface area (Å²) in [5.41, 5.74) is 0. The number of rotatable bonds is 10. The van der Waals surface area contributed by atoms with E-state index in [1.807, 2.05) is 6.92 Å². The van der Waals surface area contributed by atoms with Crippen LogP contribution in [-0.2, 0) is 9.47 Å². The number of hydrogen-bond acceptors (Lipinski definition) is 2. The van der Waals surface area contributed by atoms with E-state index in [1.165, 1.54) is 12.8 Å². The molecule has 0 aliphatic rings. The van der Waals surface area contributed by atoms with Gasteiger partial charge in [-0.05, 0) is 26.7 Å². The Bertz CT molecular complexity index is 109. The summed E-state index contributed by atoms with van der Waals surface area (Å²) in [6.45, 7) is 6.37. The number of hydrogen-bond donors (Lipinski definition) is 0. The van der Waals surface area contributed by atoms with Crippen LogP contribution in [-0.4, -0.2) is 31.8 Å². The molecule has 0 heterocycles. The molecule has 1 unspecified atom stereocenters. The molecule has 1 atom stereocenters. The smallest absolute Gasteiger partial charge is 0.0780 e. The average Bonchev–Trinajstić information content (AvgIpc) is 2.20. The maximum atomic E-state index is 5.57. The maximum Gasteiger partial charge on any atom is 0.0780 e. The van der Waals surface area contributed by atoms with Crippen molar-refractivity contribution in [1.82, 2.24) is 0 Å². The van der Waals surface area contributed by atoms with Crippen LogP contribution < -0.4 is 0 Å². The van der Waals surface area contributed by atoms with Crippen molar-refractivity contribution in [2.75, 3.05) is 25.7 Å². The zero-order chi connectivity index (χ0) is 10.6. The summed E-state index contributed by atoms with van der Waals surface area (Å²) in [5.74, 6) is 0.779. The van der Waals surface area contributed by atoms with Gasteiger partial charge in [0.15, 0.2) is 0 Å². The summed E-state index contributed by atoms with van der Waals surface area (Å²) in [6, 6.07) is 0. The van der Waals surface area contributed by atoms with E-state index >= 15 is 0 Å². The Balaban J connectivity index is 3.02. The predicted molar refractivity (Wildman–Crippen MR) is 61.1 cm³/mol. The van der Waals surface area contributed by atoms with E-state index in [0.29, 0.717) is 6.61 Å². The summed E-state index contributed by atoms with van der Waals surface area (Å²) in [7, 11) is 0. The van der Waals surface area contributed by atoms with Gasteiger partial charge in [0, 0.05) is 19.1 Å². The molecule has 0 aromatic rings. The van der Waals surface area contributed by atoms with Gasteiger partial charge in [-0.2, -0.15) is 0 Å². The molecule has 0 N–H and O–H groups in total. The van der Waals surface area contributed by atoms with E-state index in [4.69, 9.17) is 21.1 Å². The van der Waals surface area contributed by atoms with Gasteiger partial charge in [0.25, 0.3) is 0 Å². The Morgan fingerprint density at radius 2 is 1.86 bits per heavy atom. The fourth-order valence-corrected chi connectivity index (χ4v) is 1.36. The summed E-state index contributed by atoms with van der Waals surface area (Å²) in [6.07, 6.45) is 4.91. The third-order valence-corrected chi connectivity index (χ3v) is 2.25. The minimum absolute atomic E-state index is 0.225. The van der Waals surface area contributed by atoms with Gasteiger partial charge in [-0.25, -0.2) is 0 Å². The first-order valence-electron chi connectivity index (χ1n) is 5.56. The lowest BCUT2D eigenvalue weighted by molar-refractivity contribution is -0.00456. The summed E-state index contributed by atoms with van der Waals surface area (Å²) in [5, 5.41) is 0. The molecule has 0 aromatic heterocycles.